The zero-order chi connectivity index (χ0) is 20.0. The van der Waals surface area contributed by atoms with Crippen LogP contribution in [0.2, 0.25) is 0 Å². The highest BCUT2D eigenvalue weighted by molar-refractivity contribution is 7.89. The molecule has 146 valence electrons. The highest BCUT2D eigenvalue weighted by Gasteiger charge is 2.24. The van der Waals surface area contributed by atoms with E-state index < -0.39 is 10.0 Å². The zero-order valence-corrected chi connectivity index (χ0v) is 16.9. The van der Waals surface area contributed by atoms with Crippen LogP contribution in [0, 0.1) is 6.92 Å². The van der Waals surface area contributed by atoms with Crippen LogP contribution in [0.4, 0.5) is 0 Å². The number of ether oxygens (including phenoxy) is 1. The molecule has 0 bridgehead atoms. The average molecular weight is 391 g/mol. The Hall–Kier alpha value is -2.38. The Labute approximate surface area is 161 Å². The molecule has 0 radical (unpaired) electrons. The molecule has 0 saturated heterocycles. The number of aryl methyl sites for hydroxylation is 1. The van der Waals surface area contributed by atoms with Crippen molar-refractivity contribution in [2.75, 3.05) is 20.7 Å². The van der Waals surface area contributed by atoms with E-state index >= 15 is 0 Å². The minimum absolute atomic E-state index is 0.115. The van der Waals surface area contributed by atoms with Crippen molar-refractivity contribution in [1.29, 1.82) is 0 Å². The SMILES string of the molecule is CC[C@@H](NC(=O)CN(C)S(=O)(=O)c1ccc(OC)cc1)c1ccccc1C. The molecule has 0 spiro atoms. The summed E-state index contributed by atoms with van der Waals surface area (Å²) in [5.74, 6) is 0.225. The minimum atomic E-state index is -3.76. The third-order valence-corrected chi connectivity index (χ3v) is 6.26. The lowest BCUT2D eigenvalue weighted by molar-refractivity contribution is -0.121. The lowest BCUT2D eigenvalue weighted by atomic mass is 9.99. The second-order valence-electron chi connectivity index (χ2n) is 6.32. The Balaban J connectivity index is 2.08. The third kappa shape index (κ3) is 5.08. The molecule has 0 heterocycles. The van der Waals surface area contributed by atoms with Gasteiger partial charge < -0.3 is 10.1 Å². The van der Waals surface area contributed by atoms with Crippen molar-refractivity contribution < 1.29 is 17.9 Å². The number of carbonyl (C=O) groups excluding carboxylic acids is 1. The Morgan fingerprint density at radius 1 is 1.15 bits per heavy atom. The smallest absolute Gasteiger partial charge is 0.243 e. The van der Waals surface area contributed by atoms with Crippen molar-refractivity contribution >= 4 is 15.9 Å². The van der Waals surface area contributed by atoms with Crippen LogP contribution in [-0.4, -0.2) is 39.3 Å². The molecule has 0 aliphatic heterocycles. The van der Waals surface area contributed by atoms with Gasteiger partial charge in [-0.2, -0.15) is 4.31 Å². The summed E-state index contributed by atoms with van der Waals surface area (Å²) in [5.41, 5.74) is 2.12. The first-order valence-corrected chi connectivity index (χ1v) is 10.2. The van der Waals surface area contributed by atoms with Crippen LogP contribution in [-0.2, 0) is 14.8 Å². The number of rotatable bonds is 8. The first-order chi connectivity index (χ1) is 12.8. The van der Waals surface area contributed by atoms with E-state index in [1.54, 1.807) is 12.1 Å². The number of amides is 1. The quantitative estimate of drug-likeness (QED) is 0.752. The normalized spacial score (nSPS) is 12.6. The molecule has 1 N–H and O–H groups in total. The number of nitrogens with one attached hydrogen (secondary N) is 1. The topological polar surface area (TPSA) is 75.7 Å². The summed E-state index contributed by atoms with van der Waals surface area (Å²) in [6.45, 7) is 3.72. The van der Waals surface area contributed by atoms with E-state index in [1.165, 1.54) is 26.3 Å². The number of sulfonamides is 1. The van der Waals surface area contributed by atoms with E-state index in [2.05, 4.69) is 5.32 Å². The molecule has 6 nitrogen and oxygen atoms in total. The molecule has 0 saturated carbocycles. The van der Waals surface area contributed by atoms with E-state index in [0.717, 1.165) is 15.4 Å². The second kappa shape index (κ2) is 9.01. The lowest BCUT2D eigenvalue weighted by Gasteiger charge is -2.22. The van der Waals surface area contributed by atoms with E-state index in [0.29, 0.717) is 12.2 Å². The fourth-order valence-electron chi connectivity index (χ4n) is 2.83. The maximum atomic E-state index is 12.7. The van der Waals surface area contributed by atoms with Gasteiger partial charge in [-0.1, -0.05) is 31.2 Å². The Morgan fingerprint density at radius 3 is 2.33 bits per heavy atom. The van der Waals surface area contributed by atoms with Gasteiger partial charge in [-0.3, -0.25) is 4.79 Å². The van der Waals surface area contributed by atoms with Gasteiger partial charge in [-0.15, -0.1) is 0 Å². The molecule has 2 aromatic carbocycles. The molecule has 0 fully saturated rings. The maximum Gasteiger partial charge on any atom is 0.243 e. The van der Waals surface area contributed by atoms with Crippen molar-refractivity contribution in [3.63, 3.8) is 0 Å². The number of methoxy groups -OCH3 is 1. The molecule has 2 rings (SSSR count). The van der Waals surface area contributed by atoms with Gasteiger partial charge in [0.1, 0.15) is 5.75 Å². The van der Waals surface area contributed by atoms with Gasteiger partial charge in [-0.25, -0.2) is 8.42 Å². The molecule has 7 heteroatoms. The van der Waals surface area contributed by atoms with Crippen LogP contribution >= 0.6 is 0 Å². The standard InChI is InChI=1S/C20H26N2O4S/c1-5-19(18-9-7-6-8-15(18)2)21-20(23)14-22(3)27(24,25)17-12-10-16(26-4)11-13-17/h6-13,19H,5,14H2,1-4H3,(H,21,23)/t19-/m1/s1. The fourth-order valence-corrected chi connectivity index (χ4v) is 3.96. The van der Waals surface area contributed by atoms with E-state index in [1.807, 2.05) is 38.1 Å². The first kappa shape index (κ1) is 20.9. The molecule has 1 amide bonds. The van der Waals surface area contributed by atoms with Gasteiger partial charge in [0.05, 0.1) is 24.6 Å². The van der Waals surface area contributed by atoms with Crippen molar-refractivity contribution in [3.8, 4) is 5.75 Å². The minimum Gasteiger partial charge on any atom is -0.497 e. The van der Waals surface area contributed by atoms with Gasteiger partial charge in [0.2, 0.25) is 15.9 Å². The van der Waals surface area contributed by atoms with Crippen molar-refractivity contribution in [3.05, 3.63) is 59.7 Å². The highest BCUT2D eigenvalue weighted by atomic mass is 32.2. The molecule has 0 aliphatic rings. The van der Waals surface area contributed by atoms with Gasteiger partial charge in [0, 0.05) is 7.05 Å². The van der Waals surface area contributed by atoms with E-state index in [-0.39, 0.29) is 23.4 Å². The van der Waals surface area contributed by atoms with E-state index in [9.17, 15) is 13.2 Å². The third-order valence-electron chi connectivity index (χ3n) is 4.44. The van der Waals surface area contributed by atoms with Crippen molar-refractivity contribution in [2.24, 2.45) is 0 Å². The Morgan fingerprint density at radius 2 is 1.78 bits per heavy atom. The molecular formula is C20H26N2O4S. The van der Waals surface area contributed by atoms with Gasteiger partial charge in [0.25, 0.3) is 0 Å². The van der Waals surface area contributed by atoms with Crippen LogP contribution in [0.1, 0.15) is 30.5 Å². The van der Waals surface area contributed by atoms with Crippen LogP contribution < -0.4 is 10.1 Å². The number of benzene rings is 2. The van der Waals surface area contributed by atoms with E-state index in [4.69, 9.17) is 4.74 Å². The molecule has 0 unspecified atom stereocenters. The summed E-state index contributed by atoms with van der Waals surface area (Å²) in [7, 11) is -0.848. The molecule has 1 atom stereocenters. The summed E-state index contributed by atoms with van der Waals surface area (Å²) < 4.78 is 31.4. The fraction of sp³-hybridized carbons (Fsp3) is 0.350. The molecule has 0 aromatic heterocycles. The Bertz CT molecular complexity index is 879. The predicted molar refractivity (Wildman–Crippen MR) is 105 cm³/mol. The summed E-state index contributed by atoms with van der Waals surface area (Å²) >= 11 is 0. The molecule has 0 aliphatic carbocycles. The second-order valence-corrected chi connectivity index (χ2v) is 8.37. The largest absolute Gasteiger partial charge is 0.497 e. The monoisotopic (exact) mass is 390 g/mol. The lowest BCUT2D eigenvalue weighted by Crippen LogP contribution is -2.39. The van der Waals surface area contributed by atoms with Gasteiger partial charge in [0.15, 0.2) is 0 Å². The highest BCUT2D eigenvalue weighted by Crippen LogP contribution is 2.21. The summed E-state index contributed by atoms with van der Waals surface area (Å²) in [6.07, 6.45) is 0.714. The van der Waals surface area contributed by atoms with Crippen LogP contribution in [0.25, 0.3) is 0 Å². The summed E-state index contributed by atoms with van der Waals surface area (Å²) in [5, 5.41) is 2.93. The number of hydrogen-bond donors (Lipinski definition) is 1. The van der Waals surface area contributed by atoms with Gasteiger partial charge in [-0.05, 0) is 48.7 Å². The zero-order valence-electron chi connectivity index (χ0n) is 16.1. The first-order valence-electron chi connectivity index (χ1n) is 8.74. The van der Waals surface area contributed by atoms with Crippen LogP contribution in [0.5, 0.6) is 5.75 Å². The molecular weight excluding hydrogens is 364 g/mol. The van der Waals surface area contributed by atoms with Crippen molar-refractivity contribution in [2.45, 2.75) is 31.2 Å². The predicted octanol–water partition coefficient (Wildman–Crippen LogP) is 2.89. The number of nitrogens with zero attached hydrogens (tertiary/aromatic N) is 1. The van der Waals surface area contributed by atoms with Gasteiger partial charge >= 0.3 is 0 Å². The van der Waals surface area contributed by atoms with Crippen LogP contribution in [0.3, 0.4) is 0 Å². The molecule has 27 heavy (non-hydrogen) atoms. The van der Waals surface area contributed by atoms with Crippen molar-refractivity contribution in [1.82, 2.24) is 9.62 Å². The summed E-state index contributed by atoms with van der Waals surface area (Å²) in [4.78, 5) is 12.6. The summed E-state index contributed by atoms with van der Waals surface area (Å²) in [6, 6.07) is 13.8. The maximum absolute atomic E-state index is 12.7. The Kier molecular flexibility index (Phi) is 6.98. The number of carbonyl (C=O) groups is 1. The average Bonchev–Trinajstić information content (AvgIpc) is 2.66. The molecule has 2 aromatic rings. The van der Waals surface area contributed by atoms with Crippen LogP contribution in [0.15, 0.2) is 53.4 Å². The number of likely N-dealkylation sites (N-methyl/N-ethyl adjacent to an activating group) is 1. The number of hydrogen-bond acceptors (Lipinski definition) is 4.